The van der Waals surface area contributed by atoms with Gasteiger partial charge < -0.3 is 9.64 Å². The molecule has 0 aliphatic carbocycles. The van der Waals surface area contributed by atoms with Gasteiger partial charge in [0.25, 0.3) is 0 Å². The number of halogens is 1. The lowest BCUT2D eigenvalue weighted by molar-refractivity contribution is -0.132. The molecular weight excluding hydrogens is 327 g/mol. The van der Waals surface area contributed by atoms with Crippen molar-refractivity contribution in [3.63, 3.8) is 0 Å². The molecule has 0 spiro atoms. The summed E-state index contributed by atoms with van der Waals surface area (Å²) in [4.78, 5) is 17.3. The Morgan fingerprint density at radius 3 is 2.75 bits per heavy atom. The second kappa shape index (κ2) is 8.83. The molecule has 4 nitrogen and oxygen atoms in total. The maximum Gasteiger partial charge on any atom is 0.223 e. The molecule has 1 amide bonds. The highest BCUT2D eigenvalue weighted by molar-refractivity contribution is 7.99. The Hall–Kier alpha value is -1.11. The molecule has 2 aliphatic rings. The summed E-state index contributed by atoms with van der Waals surface area (Å²) in [5.74, 6) is 0.587. The van der Waals surface area contributed by atoms with Gasteiger partial charge in [0, 0.05) is 56.4 Å². The van der Waals surface area contributed by atoms with Gasteiger partial charge in [-0.3, -0.25) is 9.69 Å². The van der Waals surface area contributed by atoms with Crippen LogP contribution in [0.5, 0.6) is 0 Å². The van der Waals surface area contributed by atoms with Crippen molar-refractivity contribution in [1.82, 2.24) is 9.80 Å². The summed E-state index contributed by atoms with van der Waals surface area (Å²) in [6.07, 6.45) is 3.17. The van der Waals surface area contributed by atoms with E-state index in [1.807, 2.05) is 11.0 Å². The zero-order valence-corrected chi connectivity index (χ0v) is 14.8. The predicted octanol–water partition coefficient (Wildman–Crippen LogP) is 2.63. The van der Waals surface area contributed by atoms with Crippen LogP contribution in [-0.2, 0) is 9.53 Å². The van der Waals surface area contributed by atoms with Crippen LogP contribution in [0.15, 0.2) is 29.2 Å². The number of hydrogen-bond acceptors (Lipinski definition) is 4. The number of ether oxygens (including phenoxy) is 1. The summed E-state index contributed by atoms with van der Waals surface area (Å²) in [5.41, 5.74) is 0. The van der Waals surface area contributed by atoms with Gasteiger partial charge in [0.1, 0.15) is 5.82 Å². The molecule has 1 aromatic rings. The van der Waals surface area contributed by atoms with Crippen LogP contribution in [0.1, 0.15) is 19.3 Å². The van der Waals surface area contributed by atoms with Crippen LogP contribution in [0.4, 0.5) is 4.39 Å². The molecule has 1 atom stereocenters. The molecular formula is C18H25FN2O2S. The number of rotatable bonds is 6. The minimum Gasteiger partial charge on any atom is -0.377 e. The van der Waals surface area contributed by atoms with E-state index >= 15 is 0 Å². The van der Waals surface area contributed by atoms with E-state index in [0.29, 0.717) is 23.2 Å². The number of piperazine rings is 1. The van der Waals surface area contributed by atoms with Gasteiger partial charge in [0.15, 0.2) is 0 Å². The average Bonchev–Trinajstić information content (AvgIpc) is 3.10. The number of hydrogen-bond donors (Lipinski definition) is 0. The largest absolute Gasteiger partial charge is 0.377 e. The molecule has 2 saturated heterocycles. The highest BCUT2D eigenvalue weighted by Crippen LogP contribution is 2.22. The van der Waals surface area contributed by atoms with Gasteiger partial charge >= 0.3 is 0 Å². The monoisotopic (exact) mass is 352 g/mol. The Morgan fingerprint density at radius 2 is 2.04 bits per heavy atom. The summed E-state index contributed by atoms with van der Waals surface area (Å²) in [7, 11) is 0. The normalized spacial score (nSPS) is 22.0. The lowest BCUT2D eigenvalue weighted by Gasteiger charge is -2.35. The predicted molar refractivity (Wildman–Crippen MR) is 93.7 cm³/mol. The van der Waals surface area contributed by atoms with Crippen LogP contribution in [-0.4, -0.2) is 66.9 Å². The molecule has 0 bridgehead atoms. The third-order valence-electron chi connectivity index (χ3n) is 4.62. The van der Waals surface area contributed by atoms with Crippen molar-refractivity contribution in [3.8, 4) is 0 Å². The number of amides is 1. The van der Waals surface area contributed by atoms with Crippen molar-refractivity contribution in [1.29, 1.82) is 0 Å². The first-order valence-corrected chi connectivity index (χ1v) is 9.70. The van der Waals surface area contributed by atoms with E-state index in [4.69, 9.17) is 4.74 Å². The number of carbonyl (C=O) groups is 1. The molecule has 24 heavy (non-hydrogen) atoms. The minimum absolute atomic E-state index is 0.176. The number of nitrogens with zero attached hydrogens (tertiary/aromatic N) is 2. The molecule has 6 heteroatoms. The maximum absolute atomic E-state index is 13.5. The molecule has 0 saturated carbocycles. The van der Waals surface area contributed by atoms with Gasteiger partial charge in [-0.05, 0) is 25.0 Å². The van der Waals surface area contributed by atoms with Gasteiger partial charge in [-0.15, -0.1) is 11.8 Å². The molecule has 2 heterocycles. The number of carbonyl (C=O) groups excluding carboxylic acids is 1. The van der Waals surface area contributed by atoms with Crippen molar-refractivity contribution in [2.45, 2.75) is 30.3 Å². The molecule has 3 rings (SSSR count). The van der Waals surface area contributed by atoms with Gasteiger partial charge in [-0.2, -0.15) is 0 Å². The van der Waals surface area contributed by atoms with E-state index in [1.54, 1.807) is 12.1 Å². The van der Waals surface area contributed by atoms with Crippen LogP contribution in [0.3, 0.4) is 0 Å². The summed E-state index contributed by atoms with van der Waals surface area (Å²) < 4.78 is 19.2. The lowest BCUT2D eigenvalue weighted by atomic mass is 10.2. The van der Waals surface area contributed by atoms with E-state index in [0.717, 1.165) is 45.8 Å². The fourth-order valence-corrected chi connectivity index (χ4v) is 4.10. The summed E-state index contributed by atoms with van der Waals surface area (Å²) in [6, 6.07) is 6.72. The third-order valence-corrected chi connectivity index (χ3v) is 5.67. The Morgan fingerprint density at radius 1 is 1.25 bits per heavy atom. The Balaban J connectivity index is 1.35. The van der Waals surface area contributed by atoms with Crippen molar-refractivity contribution in [3.05, 3.63) is 30.1 Å². The zero-order valence-electron chi connectivity index (χ0n) is 14.0. The van der Waals surface area contributed by atoms with Gasteiger partial charge in [0.05, 0.1) is 6.10 Å². The second-order valence-electron chi connectivity index (χ2n) is 6.35. The highest BCUT2D eigenvalue weighted by atomic mass is 32.2. The van der Waals surface area contributed by atoms with Gasteiger partial charge in [0.2, 0.25) is 5.91 Å². The zero-order chi connectivity index (χ0) is 16.8. The first-order chi connectivity index (χ1) is 11.7. The Labute approximate surface area is 147 Å². The number of benzene rings is 1. The molecule has 132 valence electrons. The summed E-state index contributed by atoms with van der Waals surface area (Å²) in [5, 5.41) is 0. The second-order valence-corrected chi connectivity index (χ2v) is 7.48. The van der Waals surface area contributed by atoms with E-state index in [-0.39, 0.29) is 11.7 Å². The summed E-state index contributed by atoms with van der Waals surface area (Å²) in [6.45, 7) is 5.30. The average molecular weight is 352 g/mol. The van der Waals surface area contributed by atoms with E-state index in [1.165, 1.54) is 24.2 Å². The molecule has 2 aliphatic heterocycles. The summed E-state index contributed by atoms with van der Waals surface area (Å²) >= 11 is 1.41. The third kappa shape index (κ3) is 4.94. The minimum atomic E-state index is -0.210. The fourth-order valence-electron chi connectivity index (χ4n) is 3.22. The van der Waals surface area contributed by atoms with Crippen molar-refractivity contribution < 1.29 is 13.9 Å². The topological polar surface area (TPSA) is 32.8 Å². The maximum atomic E-state index is 13.5. The van der Waals surface area contributed by atoms with E-state index in [2.05, 4.69) is 4.90 Å². The van der Waals surface area contributed by atoms with Crippen LogP contribution in [0.25, 0.3) is 0 Å². The van der Waals surface area contributed by atoms with Crippen molar-refractivity contribution in [2.75, 3.05) is 45.1 Å². The van der Waals surface area contributed by atoms with Gasteiger partial charge in [-0.25, -0.2) is 4.39 Å². The standard InChI is InChI=1S/C18H25FN2O2S/c19-16-5-1-2-6-17(16)24-13-7-18(22)21-10-8-20(9-11-21)14-15-4-3-12-23-15/h1-2,5-6,15H,3-4,7-14H2. The number of thioether (sulfide) groups is 1. The SMILES string of the molecule is O=C(CCSc1ccccc1F)N1CCN(CC2CCCO2)CC1. The fraction of sp³-hybridized carbons (Fsp3) is 0.611. The molecule has 1 aromatic carbocycles. The first kappa shape index (κ1) is 17.7. The van der Waals surface area contributed by atoms with E-state index < -0.39 is 0 Å². The Bertz CT molecular complexity index is 544. The van der Waals surface area contributed by atoms with Crippen molar-refractivity contribution in [2.24, 2.45) is 0 Å². The van der Waals surface area contributed by atoms with Crippen LogP contribution >= 0.6 is 11.8 Å². The van der Waals surface area contributed by atoms with Crippen molar-refractivity contribution >= 4 is 17.7 Å². The van der Waals surface area contributed by atoms with Crippen LogP contribution < -0.4 is 0 Å². The molecule has 0 N–H and O–H groups in total. The molecule has 1 unspecified atom stereocenters. The lowest BCUT2D eigenvalue weighted by Crippen LogP contribution is -2.50. The molecule has 2 fully saturated rings. The smallest absolute Gasteiger partial charge is 0.223 e. The molecule has 0 radical (unpaired) electrons. The first-order valence-electron chi connectivity index (χ1n) is 8.71. The highest BCUT2D eigenvalue weighted by Gasteiger charge is 2.24. The van der Waals surface area contributed by atoms with Crippen LogP contribution in [0.2, 0.25) is 0 Å². The van der Waals surface area contributed by atoms with E-state index in [9.17, 15) is 9.18 Å². The Kier molecular flexibility index (Phi) is 6.51. The van der Waals surface area contributed by atoms with Gasteiger partial charge in [-0.1, -0.05) is 12.1 Å². The molecule has 0 aromatic heterocycles. The van der Waals surface area contributed by atoms with Crippen LogP contribution in [0, 0.1) is 5.82 Å². The quantitative estimate of drug-likeness (QED) is 0.737.